The fraction of sp³-hybridized carbons (Fsp3) is 0.627. The molecule has 0 bridgehead atoms. The highest BCUT2D eigenvalue weighted by Crippen LogP contribution is 2.19. The van der Waals surface area contributed by atoms with Gasteiger partial charge >= 0.3 is 24.1 Å². The zero-order valence-electron chi connectivity index (χ0n) is 47.8. The molecule has 8 amide bonds. The van der Waals surface area contributed by atoms with E-state index in [1.54, 1.807) is 24.3 Å². The van der Waals surface area contributed by atoms with Crippen molar-refractivity contribution < 1.29 is 19.2 Å². The summed E-state index contributed by atoms with van der Waals surface area (Å²) in [5.74, 6) is -0.763. The molecule has 4 rings (SSSR count). The van der Waals surface area contributed by atoms with Crippen LogP contribution in [0.2, 0.25) is 0 Å². The Bertz CT molecular complexity index is 2140. The van der Waals surface area contributed by atoms with Crippen molar-refractivity contribution in [3.05, 3.63) is 59.7 Å². The van der Waals surface area contributed by atoms with Crippen molar-refractivity contribution in [3.8, 4) is 0 Å². The standard InChI is InChI=1S/C59H96N16O4/c1-3-5-7-9-11-13-15-17-19-21-23-25-27-29-31-33-43-62-56(76)72-52-66-50(60)68-54(70-52)74-58(78)64-48-39-35-46(36-40-48)45-47-37-41-49(42-38-47)65-59(79)75-55-69-51(61)67-53(71-55)73-57(77)63-44-34-32-30-28-26-24-22-20-18-16-14-12-10-8-6-4-2/h35-42H,3-34,43-45H2,1-2H3,(H6,60,62,64,66,68,70,72,74,76,78)(H6,61,63,65,67,69,71,73,75,77,79). The maximum absolute atomic E-state index is 12.9. The number of hydrogen-bond donors (Lipinski definition) is 10. The molecule has 0 aliphatic heterocycles. The van der Waals surface area contributed by atoms with E-state index in [0.29, 0.717) is 30.9 Å². The van der Waals surface area contributed by atoms with Crippen LogP contribution in [0.3, 0.4) is 0 Å². The summed E-state index contributed by atoms with van der Waals surface area (Å²) < 4.78 is 0. The Labute approximate surface area is 471 Å². The van der Waals surface area contributed by atoms with Crippen LogP contribution >= 0.6 is 0 Å². The topological polar surface area (TPSA) is 294 Å². The van der Waals surface area contributed by atoms with Crippen LogP contribution < -0.4 is 54.0 Å². The molecule has 436 valence electrons. The molecule has 0 unspecified atom stereocenters. The lowest BCUT2D eigenvalue weighted by atomic mass is 10.0. The van der Waals surface area contributed by atoms with E-state index in [2.05, 4.69) is 86.3 Å². The highest BCUT2D eigenvalue weighted by atomic mass is 16.2. The van der Waals surface area contributed by atoms with Crippen molar-refractivity contribution in [2.75, 3.05) is 56.5 Å². The molecule has 2 aromatic carbocycles. The summed E-state index contributed by atoms with van der Waals surface area (Å²) in [5, 5.41) is 21.3. The van der Waals surface area contributed by atoms with E-state index in [-0.39, 0.29) is 35.7 Å². The van der Waals surface area contributed by atoms with Gasteiger partial charge in [0.05, 0.1) is 0 Å². The van der Waals surface area contributed by atoms with E-state index in [9.17, 15) is 19.2 Å². The fourth-order valence-electron chi connectivity index (χ4n) is 9.23. The second-order valence-corrected chi connectivity index (χ2v) is 20.8. The third kappa shape index (κ3) is 32.0. The summed E-state index contributed by atoms with van der Waals surface area (Å²) in [6.45, 7) is 5.57. The maximum Gasteiger partial charge on any atom is 0.326 e. The predicted octanol–water partition coefficient (Wildman–Crippen LogP) is 14.9. The van der Waals surface area contributed by atoms with Crippen molar-refractivity contribution in [1.29, 1.82) is 0 Å². The van der Waals surface area contributed by atoms with Gasteiger partial charge in [-0.2, -0.15) is 29.9 Å². The fourth-order valence-corrected chi connectivity index (χ4v) is 9.23. The number of nitrogens with zero attached hydrogens (tertiary/aromatic N) is 6. The number of urea groups is 4. The minimum absolute atomic E-state index is 0.0888. The predicted molar refractivity (Wildman–Crippen MR) is 323 cm³/mol. The molecule has 0 fully saturated rings. The van der Waals surface area contributed by atoms with Crippen LogP contribution in [0.1, 0.15) is 230 Å². The Kier molecular flexibility index (Phi) is 33.7. The molecule has 79 heavy (non-hydrogen) atoms. The zero-order valence-corrected chi connectivity index (χ0v) is 47.8. The molecule has 0 spiro atoms. The molecule has 4 aromatic rings. The number of nitrogens with one attached hydrogen (secondary N) is 8. The monoisotopic (exact) mass is 1090 g/mol. The second kappa shape index (κ2) is 41.2. The van der Waals surface area contributed by atoms with Crippen LogP contribution in [-0.2, 0) is 6.42 Å². The average Bonchev–Trinajstić information content (AvgIpc) is 3.41. The van der Waals surface area contributed by atoms with Gasteiger partial charge in [0, 0.05) is 24.5 Å². The number of rotatable bonds is 42. The van der Waals surface area contributed by atoms with Gasteiger partial charge in [0.15, 0.2) is 0 Å². The van der Waals surface area contributed by atoms with Crippen molar-refractivity contribution in [2.45, 2.75) is 226 Å². The van der Waals surface area contributed by atoms with E-state index in [0.717, 1.165) is 49.7 Å². The third-order valence-corrected chi connectivity index (χ3v) is 13.7. The Morgan fingerprint density at radius 3 is 0.823 bits per heavy atom. The largest absolute Gasteiger partial charge is 0.368 e. The Balaban J connectivity index is 1.04. The molecule has 0 radical (unpaired) electrons. The smallest absolute Gasteiger partial charge is 0.326 e. The zero-order chi connectivity index (χ0) is 56.4. The third-order valence-electron chi connectivity index (χ3n) is 13.7. The normalized spacial score (nSPS) is 11.0. The van der Waals surface area contributed by atoms with Gasteiger partial charge in [0.25, 0.3) is 0 Å². The van der Waals surface area contributed by atoms with E-state index < -0.39 is 24.1 Å². The second-order valence-electron chi connectivity index (χ2n) is 20.8. The summed E-state index contributed by atoms with van der Waals surface area (Å²) in [7, 11) is 0. The molecule has 0 aliphatic carbocycles. The molecule has 0 saturated heterocycles. The molecule has 0 saturated carbocycles. The molecule has 2 aromatic heterocycles. The van der Waals surface area contributed by atoms with Crippen LogP contribution in [-0.4, -0.2) is 67.1 Å². The number of unbranched alkanes of at least 4 members (excludes halogenated alkanes) is 30. The van der Waals surface area contributed by atoms with Crippen LogP contribution in [0, 0.1) is 0 Å². The molecular weight excluding hydrogens is 997 g/mol. The average molecular weight is 1090 g/mol. The lowest BCUT2D eigenvalue weighted by Crippen LogP contribution is -2.30. The van der Waals surface area contributed by atoms with Crippen LogP contribution in [0.25, 0.3) is 0 Å². The van der Waals surface area contributed by atoms with E-state index >= 15 is 0 Å². The van der Waals surface area contributed by atoms with Gasteiger partial charge < -0.3 is 32.7 Å². The van der Waals surface area contributed by atoms with Gasteiger partial charge in [-0.25, -0.2) is 19.2 Å². The molecule has 20 nitrogen and oxygen atoms in total. The summed E-state index contributed by atoms with van der Waals surface area (Å²) >= 11 is 0. The highest BCUT2D eigenvalue weighted by molar-refractivity contribution is 5.99. The van der Waals surface area contributed by atoms with E-state index in [1.165, 1.54) is 167 Å². The van der Waals surface area contributed by atoms with E-state index in [1.807, 2.05) is 24.3 Å². The van der Waals surface area contributed by atoms with Crippen molar-refractivity contribution in [3.63, 3.8) is 0 Å². The highest BCUT2D eigenvalue weighted by Gasteiger charge is 2.14. The molecular formula is C59H96N16O4. The number of nitrogens with two attached hydrogens (primary N) is 2. The van der Waals surface area contributed by atoms with Gasteiger partial charge in [-0.15, -0.1) is 0 Å². The quantitative estimate of drug-likeness (QED) is 0.0185. The number of carbonyl (C=O) groups is 4. The van der Waals surface area contributed by atoms with Gasteiger partial charge in [-0.3, -0.25) is 21.3 Å². The summed E-state index contributed by atoms with van der Waals surface area (Å²) in [6.07, 6.45) is 41.7. The van der Waals surface area contributed by atoms with Crippen molar-refractivity contribution in [1.82, 2.24) is 40.5 Å². The van der Waals surface area contributed by atoms with Gasteiger partial charge in [-0.05, 0) is 54.7 Å². The Morgan fingerprint density at radius 1 is 0.316 bits per heavy atom. The lowest BCUT2D eigenvalue weighted by molar-refractivity contribution is 0.251. The van der Waals surface area contributed by atoms with Gasteiger partial charge in [0.2, 0.25) is 35.7 Å². The maximum atomic E-state index is 12.9. The molecule has 0 aliphatic rings. The first-order valence-corrected chi connectivity index (χ1v) is 30.0. The minimum Gasteiger partial charge on any atom is -0.368 e. The van der Waals surface area contributed by atoms with Crippen LogP contribution in [0.15, 0.2) is 48.5 Å². The van der Waals surface area contributed by atoms with Crippen LogP contribution in [0.4, 0.5) is 66.2 Å². The molecule has 0 atom stereocenters. The van der Waals surface area contributed by atoms with E-state index in [4.69, 9.17) is 11.5 Å². The first-order valence-electron chi connectivity index (χ1n) is 30.0. The number of aromatic nitrogens is 6. The number of nitrogen functional groups attached to an aromatic ring is 2. The van der Waals surface area contributed by atoms with Crippen molar-refractivity contribution in [2.24, 2.45) is 0 Å². The SMILES string of the molecule is CCCCCCCCCCCCCCCCCCNC(=O)Nc1nc(N)nc(NC(=O)Nc2ccc(Cc3ccc(NC(=O)Nc4nc(N)nc(NC(=O)NCCCCCCCCCCCCCCCCCC)n4)cc3)cc2)n1. The Morgan fingerprint density at radius 2 is 0.557 bits per heavy atom. The number of hydrogen-bond acceptors (Lipinski definition) is 12. The first kappa shape index (κ1) is 64.7. The molecule has 12 N–H and O–H groups in total. The summed E-state index contributed by atoms with van der Waals surface area (Å²) in [5.41, 5.74) is 14.7. The Hall–Kier alpha value is -6.86. The number of amides is 8. The van der Waals surface area contributed by atoms with Crippen molar-refractivity contribution >= 4 is 71.2 Å². The van der Waals surface area contributed by atoms with Gasteiger partial charge in [0.1, 0.15) is 0 Å². The lowest BCUT2D eigenvalue weighted by Gasteiger charge is -2.10. The number of carbonyl (C=O) groups excluding carboxylic acids is 4. The van der Waals surface area contributed by atoms with Crippen LogP contribution in [0.5, 0.6) is 0 Å². The summed E-state index contributed by atoms with van der Waals surface area (Å²) in [6, 6.07) is 12.4. The van der Waals surface area contributed by atoms with Gasteiger partial charge in [-0.1, -0.05) is 231 Å². The summed E-state index contributed by atoms with van der Waals surface area (Å²) in [4.78, 5) is 74.9. The molecule has 2 heterocycles. The number of anilines is 8. The minimum atomic E-state index is -0.612. The molecule has 20 heteroatoms. The number of benzene rings is 2. The first-order chi connectivity index (χ1) is 38.6.